The molecule has 150 valence electrons. The molecule has 0 aromatic heterocycles. The summed E-state index contributed by atoms with van der Waals surface area (Å²) in [5.74, 6) is -0.841. The van der Waals surface area contributed by atoms with Gasteiger partial charge >= 0.3 is 11.9 Å². The SMILES string of the molecule is C=C1C(=O)O[C@H]2[C@H]1CC/C(COC(=O)c1ccc(C#N)cc1)=C\CC[C@@]1(C)O[C@@H]21. The van der Waals surface area contributed by atoms with Crippen LogP contribution in [0.3, 0.4) is 0 Å². The lowest BCUT2D eigenvalue weighted by molar-refractivity contribution is -0.140. The van der Waals surface area contributed by atoms with E-state index in [2.05, 4.69) is 12.7 Å². The van der Waals surface area contributed by atoms with E-state index in [-0.39, 0.29) is 36.3 Å². The second kappa shape index (κ2) is 7.49. The van der Waals surface area contributed by atoms with Crippen molar-refractivity contribution < 1.29 is 23.8 Å². The molecule has 2 aliphatic heterocycles. The van der Waals surface area contributed by atoms with Crippen LogP contribution in [0.15, 0.2) is 48.1 Å². The number of carbonyl (C=O) groups excluding carboxylic acids is 2. The number of nitriles is 1. The molecule has 1 aromatic rings. The fourth-order valence-electron chi connectivity index (χ4n) is 4.17. The van der Waals surface area contributed by atoms with Gasteiger partial charge in [0.15, 0.2) is 0 Å². The molecule has 0 radical (unpaired) electrons. The summed E-state index contributed by atoms with van der Waals surface area (Å²) in [6, 6.07) is 8.38. The highest BCUT2D eigenvalue weighted by atomic mass is 16.6. The summed E-state index contributed by atoms with van der Waals surface area (Å²) < 4.78 is 16.9. The lowest BCUT2D eigenvalue weighted by Crippen LogP contribution is -2.29. The van der Waals surface area contributed by atoms with Gasteiger partial charge < -0.3 is 14.2 Å². The van der Waals surface area contributed by atoms with Crippen LogP contribution in [0, 0.1) is 17.2 Å². The molecule has 4 rings (SSSR count). The lowest BCUT2D eigenvalue weighted by atomic mass is 9.84. The van der Waals surface area contributed by atoms with Gasteiger partial charge in [-0.1, -0.05) is 12.7 Å². The number of hydrogen-bond donors (Lipinski definition) is 0. The molecule has 1 aliphatic carbocycles. The van der Waals surface area contributed by atoms with E-state index >= 15 is 0 Å². The number of ether oxygens (including phenoxy) is 3. The van der Waals surface area contributed by atoms with Gasteiger partial charge in [0.2, 0.25) is 0 Å². The lowest BCUT2D eigenvalue weighted by Gasteiger charge is -2.20. The maximum absolute atomic E-state index is 12.3. The molecule has 3 aliphatic rings. The Labute approximate surface area is 169 Å². The average Bonchev–Trinajstić information content (AvgIpc) is 3.32. The van der Waals surface area contributed by atoms with Gasteiger partial charge in [-0.15, -0.1) is 0 Å². The van der Waals surface area contributed by atoms with E-state index in [1.807, 2.05) is 13.0 Å². The highest BCUT2D eigenvalue weighted by Crippen LogP contribution is 2.49. The Hall–Kier alpha value is -2.91. The number of rotatable bonds is 3. The van der Waals surface area contributed by atoms with Gasteiger partial charge in [-0.3, -0.25) is 0 Å². The van der Waals surface area contributed by atoms with E-state index in [1.54, 1.807) is 24.3 Å². The summed E-state index contributed by atoms with van der Waals surface area (Å²) in [4.78, 5) is 24.3. The number of benzene rings is 1. The second-order valence-electron chi connectivity index (χ2n) is 8.06. The van der Waals surface area contributed by atoms with Gasteiger partial charge in [0.25, 0.3) is 0 Å². The Kier molecular flexibility index (Phi) is 5.01. The number of hydrogen-bond acceptors (Lipinski definition) is 6. The average molecular weight is 393 g/mol. The molecule has 29 heavy (non-hydrogen) atoms. The fraction of sp³-hybridized carbons (Fsp3) is 0.435. The highest BCUT2D eigenvalue weighted by molar-refractivity contribution is 5.91. The van der Waals surface area contributed by atoms with Crippen molar-refractivity contribution >= 4 is 11.9 Å². The van der Waals surface area contributed by atoms with Gasteiger partial charge in [-0.2, -0.15) is 5.26 Å². The van der Waals surface area contributed by atoms with Crippen molar-refractivity contribution in [3.05, 3.63) is 59.2 Å². The maximum atomic E-state index is 12.3. The molecule has 2 heterocycles. The Morgan fingerprint density at radius 3 is 2.86 bits per heavy atom. The summed E-state index contributed by atoms with van der Waals surface area (Å²) in [5.41, 5.74) is 2.14. The third-order valence-electron chi connectivity index (χ3n) is 6.08. The minimum absolute atomic E-state index is 0.0696. The van der Waals surface area contributed by atoms with Crippen LogP contribution >= 0.6 is 0 Å². The predicted molar refractivity (Wildman–Crippen MR) is 104 cm³/mol. The van der Waals surface area contributed by atoms with Crippen molar-refractivity contribution in [3.63, 3.8) is 0 Å². The molecule has 0 N–H and O–H groups in total. The number of allylic oxidation sites excluding steroid dienone is 1. The van der Waals surface area contributed by atoms with E-state index in [9.17, 15) is 9.59 Å². The Morgan fingerprint density at radius 1 is 1.38 bits per heavy atom. The van der Waals surface area contributed by atoms with Crippen LogP contribution in [-0.4, -0.2) is 36.4 Å². The Balaban J connectivity index is 1.43. The molecule has 0 saturated carbocycles. The zero-order valence-corrected chi connectivity index (χ0v) is 16.3. The zero-order valence-electron chi connectivity index (χ0n) is 16.3. The smallest absolute Gasteiger partial charge is 0.338 e. The van der Waals surface area contributed by atoms with E-state index in [0.717, 1.165) is 18.4 Å². The van der Waals surface area contributed by atoms with Crippen LogP contribution in [0.1, 0.15) is 48.5 Å². The first-order valence-electron chi connectivity index (χ1n) is 9.84. The van der Waals surface area contributed by atoms with Crippen molar-refractivity contribution in [2.45, 2.75) is 50.4 Å². The summed E-state index contributed by atoms with van der Waals surface area (Å²) in [6.07, 6.45) is 4.78. The molecule has 1 aromatic carbocycles. The normalized spacial score (nSPS) is 32.7. The minimum Gasteiger partial charge on any atom is -0.458 e. The first-order valence-corrected chi connectivity index (χ1v) is 9.84. The van der Waals surface area contributed by atoms with Gasteiger partial charge in [0.05, 0.1) is 22.8 Å². The van der Waals surface area contributed by atoms with E-state index < -0.39 is 5.97 Å². The van der Waals surface area contributed by atoms with Crippen LogP contribution in [0.4, 0.5) is 0 Å². The van der Waals surface area contributed by atoms with Gasteiger partial charge in [-0.25, -0.2) is 9.59 Å². The number of esters is 2. The van der Waals surface area contributed by atoms with Crippen LogP contribution in [0.2, 0.25) is 0 Å². The van der Waals surface area contributed by atoms with Gasteiger partial charge in [-0.05, 0) is 62.4 Å². The molecular formula is C23H23NO5. The predicted octanol–water partition coefficient (Wildman–Crippen LogP) is 3.47. The molecule has 2 saturated heterocycles. The molecule has 4 atom stereocenters. The van der Waals surface area contributed by atoms with E-state index in [1.165, 1.54) is 0 Å². The van der Waals surface area contributed by atoms with Crippen molar-refractivity contribution in [3.8, 4) is 6.07 Å². The zero-order chi connectivity index (χ0) is 20.6. The van der Waals surface area contributed by atoms with E-state index in [4.69, 9.17) is 19.5 Å². The van der Waals surface area contributed by atoms with Crippen LogP contribution in [0.5, 0.6) is 0 Å². The molecule has 0 spiro atoms. The minimum atomic E-state index is -0.424. The summed E-state index contributed by atoms with van der Waals surface area (Å²) in [6.45, 7) is 6.16. The first-order chi connectivity index (χ1) is 13.9. The fourth-order valence-corrected chi connectivity index (χ4v) is 4.17. The highest BCUT2D eigenvalue weighted by Gasteiger charge is 2.61. The van der Waals surface area contributed by atoms with Crippen LogP contribution in [0.25, 0.3) is 0 Å². The van der Waals surface area contributed by atoms with E-state index in [0.29, 0.717) is 29.5 Å². The maximum Gasteiger partial charge on any atom is 0.338 e. The number of epoxide rings is 1. The molecule has 0 amide bonds. The van der Waals surface area contributed by atoms with Crippen LogP contribution in [-0.2, 0) is 19.0 Å². The van der Waals surface area contributed by atoms with Crippen LogP contribution < -0.4 is 0 Å². The molecule has 2 fully saturated rings. The van der Waals surface area contributed by atoms with Crippen molar-refractivity contribution in [2.24, 2.45) is 5.92 Å². The summed E-state index contributed by atoms with van der Waals surface area (Å²) in [7, 11) is 0. The molecular weight excluding hydrogens is 370 g/mol. The van der Waals surface area contributed by atoms with Gasteiger partial charge in [0.1, 0.15) is 18.8 Å². The van der Waals surface area contributed by atoms with Gasteiger partial charge in [0, 0.05) is 11.5 Å². The van der Waals surface area contributed by atoms with Crippen molar-refractivity contribution in [2.75, 3.05) is 6.61 Å². The largest absolute Gasteiger partial charge is 0.458 e. The monoisotopic (exact) mass is 393 g/mol. The third kappa shape index (κ3) is 3.83. The second-order valence-corrected chi connectivity index (χ2v) is 8.06. The summed E-state index contributed by atoms with van der Waals surface area (Å²) >= 11 is 0. The Bertz CT molecular complexity index is 926. The summed E-state index contributed by atoms with van der Waals surface area (Å²) in [5, 5.41) is 8.85. The molecule has 6 nitrogen and oxygen atoms in total. The number of fused-ring (bicyclic) bond motifs is 3. The quantitative estimate of drug-likeness (QED) is 0.338. The standard InChI is InChI=1S/C23H23NO5/c1-14-18-10-7-16(13-27-22(26)17-8-5-15(12-24)6-9-17)4-3-11-23(2)20(29-23)19(18)28-21(14)25/h4-6,8-9,18-20H,1,3,7,10-11,13H2,2H3/b16-4+/t18-,19-,20-,23+/m0/s1. The molecule has 6 heteroatoms. The topological polar surface area (TPSA) is 88.9 Å². The number of carbonyl (C=O) groups is 2. The molecule has 0 bridgehead atoms. The first kappa shape index (κ1) is 19.4. The Morgan fingerprint density at radius 2 is 2.14 bits per heavy atom. The number of nitrogens with zero attached hydrogens (tertiary/aromatic N) is 1. The van der Waals surface area contributed by atoms with Crippen molar-refractivity contribution in [1.82, 2.24) is 0 Å². The van der Waals surface area contributed by atoms with Crippen molar-refractivity contribution in [1.29, 1.82) is 5.26 Å². The molecule has 0 unspecified atom stereocenters. The third-order valence-corrected chi connectivity index (χ3v) is 6.08.